The maximum atomic E-state index is 12.5. The van der Waals surface area contributed by atoms with E-state index >= 15 is 0 Å². The van der Waals surface area contributed by atoms with E-state index in [0.717, 1.165) is 13.3 Å². The Balaban J connectivity index is 3.04. The average molecular weight is 294 g/mol. The second kappa shape index (κ2) is 6.76. The molecule has 0 aromatic carbocycles. The molecule has 0 radical (unpaired) electrons. The lowest BCUT2D eigenvalue weighted by Crippen LogP contribution is -2.42. The number of alkyl halides is 3. The number of allylic oxidation sites excluding steroid dienone is 1. The molecule has 0 aliphatic carbocycles. The third-order valence-electron chi connectivity index (χ3n) is 3.15. The number of ether oxygens (including phenoxy) is 1. The Morgan fingerprint density at radius 1 is 1.45 bits per heavy atom. The van der Waals surface area contributed by atoms with Crippen molar-refractivity contribution in [3.8, 4) is 0 Å². The van der Waals surface area contributed by atoms with Crippen molar-refractivity contribution >= 4 is 11.9 Å². The Labute approximate surface area is 115 Å². The van der Waals surface area contributed by atoms with Gasteiger partial charge in [-0.25, -0.2) is 4.79 Å². The molecular formula is C13H19F3NO3+. The van der Waals surface area contributed by atoms with Crippen molar-refractivity contribution in [3.05, 3.63) is 11.6 Å². The summed E-state index contributed by atoms with van der Waals surface area (Å²) in [6.45, 7) is 3.06. The quantitative estimate of drug-likeness (QED) is 0.494. The minimum Gasteiger partial charge on any atom is -0.461 e. The Kier molecular flexibility index (Phi) is 5.59. The molecule has 0 saturated carbocycles. The molecule has 1 unspecified atom stereocenters. The molecule has 4 nitrogen and oxygen atoms in total. The molecule has 1 heterocycles. The minimum absolute atomic E-state index is 0.196. The largest absolute Gasteiger partial charge is 0.461 e. The fraction of sp³-hybridized carbons (Fsp3) is 0.692. The minimum atomic E-state index is -4.50. The molecule has 1 aliphatic rings. The number of carbonyl (C=O) groups is 1. The van der Waals surface area contributed by atoms with E-state index in [1.807, 2.05) is 0 Å². The summed E-state index contributed by atoms with van der Waals surface area (Å²) in [6, 6.07) is -0.721. The van der Waals surface area contributed by atoms with Crippen LogP contribution in [0.5, 0.6) is 0 Å². The van der Waals surface area contributed by atoms with Gasteiger partial charge in [0.2, 0.25) is 0 Å². The van der Waals surface area contributed by atoms with Crippen LogP contribution in [0.2, 0.25) is 0 Å². The van der Waals surface area contributed by atoms with Crippen molar-refractivity contribution in [1.29, 1.82) is 0 Å². The van der Waals surface area contributed by atoms with Crippen LogP contribution in [0.15, 0.2) is 11.6 Å². The van der Waals surface area contributed by atoms with Gasteiger partial charge >= 0.3 is 18.0 Å². The Morgan fingerprint density at radius 2 is 2.10 bits per heavy atom. The molecule has 0 bridgehead atoms. The van der Waals surface area contributed by atoms with Crippen LogP contribution in [-0.4, -0.2) is 46.9 Å². The number of carbonyl (C=O) groups excluding carboxylic acids is 1. The van der Waals surface area contributed by atoms with Gasteiger partial charge in [-0.2, -0.15) is 17.7 Å². The number of aliphatic hydroxyl groups excluding tert-OH is 1. The fourth-order valence-electron chi connectivity index (χ4n) is 2.05. The number of rotatable bonds is 3. The zero-order valence-corrected chi connectivity index (χ0v) is 11.5. The summed E-state index contributed by atoms with van der Waals surface area (Å²) < 4.78 is 43.5. The second-order valence-corrected chi connectivity index (χ2v) is 4.64. The first-order valence-corrected chi connectivity index (χ1v) is 6.52. The molecule has 20 heavy (non-hydrogen) atoms. The van der Waals surface area contributed by atoms with Gasteiger partial charge in [0.25, 0.3) is 6.04 Å². The van der Waals surface area contributed by atoms with Gasteiger partial charge < -0.3 is 9.84 Å². The van der Waals surface area contributed by atoms with Crippen LogP contribution in [0, 0.1) is 0 Å². The maximum absolute atomic E-state index is 12.5. The number of piperidine rings is 1. The highest BCUT2D eigenvalue weighted by molar-refractivity contribution is 5.84. The predicted octanol–water partition coefficient (Wildman–Crippen LogP) is 2.58. The summed E-state index contributed by atoms with van der Waals surface area (Å²) in [7, 11) is 0. The number of halogens is 3. The van der Waals surface area contributed by atoms with Crippen LogP contribution in [0.4, 0.5) is 13.2 Å². The van der Waals surface area contributed by atoms with E-state index < -0.39 is 29.7 Å². The van der Waals surface area contributed by atoms with Crippen molar-refractivity contribution in [3.63, 3.8) is 0 Å². The van der Waals surface area contributed by atoms with E-state index in [-0.39, 0.29) is 6.61 Å². The van der Waals surface area contributed by atoms with E-state index in [9.17, 15) is 23.1 Å². The summed E-state index contributed by atoms with van der Waals surface area (Å²) >= 11 is 0. The van der Waals surface area contributed by atoms with Crippen molar-refractivity contribution in [2.24, 2.45) is 0 Å². The Hall–Kier alpha value is -1.53. The van der Waals surface area contributed by atoms with E-state index in [0.29, 0.717) is 25.5 Å². The predicted molar refractivity (Wildman–Crippen MR) is 66.8 cm³/mol. The summed E-state index contributed by atoms with van der Waals surface area (Å²) in [4.78, 5) is 11.8. The lowest BCUT2D eigenvalue weighted by atomic mass is 10.0. The monoisotopic (exact) mass is 294 g/mol. The van der Waals surface area contributed by atoms with Gasteiger partial charge in [-0.1, -0.05) is 0 Å². The van der Waals surface area contributed by atoms with Crippen LogP contribution < -0.4 is 0 Å². The molecule has 1 rings (SSSR count). The summed E-state index contributed by atoms with van der Waals surface area (Å²) in [5.41, 5.74) is -0.914. The van der Waals surface area contributed by atoms with Gasteiger partial charge in [-0.3, -0.25) is 0 Å². The normalized spacial score (nSPS) is 23.4. The number of hydrogen-bond donors (Lipinski definition) is 1. The van der Waals surface area contributed by atoms with E-state index in [1.54, 1.807) is 6.92 Å². The molecular weight excluding hydrogens is 275 g/mol. The molecule has 1 fully saturated rings. The van der Waals surface area contributed by atoms with Crippen LogP contribution in [0.3, 0.4) is 0 Å². The molecule has 0 aromatic rings. The van der Waals surface area contributed by atoms with E-state index in [1.165, 1.54) is 4.58 Å². The third kappa shape index (κ3) is 4.25. The first kappa shape index (κ1) is 16.5. The maximum Gasteiger partial charge on any atom is 0.412 e. The van der Waals surface area contributed by atoms with Crippen LogP contribution in [-0.2, 0) is 9.53 Å². The Morgan fingerprint density at radius 3 is 2.65 bits per heavy atom. The molecule has 0 amide bonds. The zero-order chi connectivity index (χ0) is 15.3. The third-order valence-corrected chi connectivity index (χ3v) is 3.15. The molecule has 114 valence electrons. The SMILES string of the molecule is CCOC(=O)C1CCCC[N+]1=C(O)/C=C(\C)C(F)(F)F. The standard InChI is InChI=1S/C13H18F3NO3/c1-3-20-12(19)10-6-4-5-7-17(10)11(18)8-9(2)13(14,15)16/h8,10H,3-7H2,1-2H3/p+1/b9-8+. The summed E-state index contributed by atoms with van der Waals surface area (Å²) in [5, 5.41) is 9.85. The van der Waals surface area contributed by atoms with Gasteiger partial charge in [0.05, 0.1) is 12.7 Å². The molecule has 1 N–H and O–H groups in total. The lowest BCUT2D eigenvalue weighted by molar-refractivity contribution is -0.570. The zero-order valence-electron chi connectivity index (χ0n) is 11.5. The van der Waals surface area contributed by atoms with Crippen molar-refractivity contribution < 1.29 is 32.4 Å². The lowest BCUT2D eigenvalue weighted by Gasteiger charge is -2.19. The van der Waals surface area contributed by atoms with Crippen molar-refractivity contribution in [1.82, 2.24) is 0 Å². The summed E-state index contributed by atoms with van der Waals surface area (Å²) in [5.74, 6) is -1.06. The molecule has 0 aromatic heterocycles. The second-order valence-electron chi connectivity index (χ2n) is 4.64. The number of nitrogens with zero attached hydrogens (tertiary/aromatic N) is 1. The highest BCUT2D eigenvalue weighted by Gasteiger charge is 2.37. The average Bonchev–Trinajstić information content (AvgIpc) is 2.37. The highest BCUT2D eigenvalue weighted by atomic mass is 19.4. The molecule has 7 heteroatoms. The van der Waals surface area contributed by atoms with Crippen LogP contribution in [0.1, 0.15) is 33.1 Å². The smallest absolute Gasteiger partial charge is 0.412 e. The number of esters is 1. The van der Waals surface area contributed by atoms with Crippen molar-refractivity contribution in [2.45, 2.75) is 45.3 Å². The van der Waals surface area contributed by atoms with Gasteiger partial charge in [0, 0.05) is 18.4 Å². The van der Waals surface area contributed by atoms with Crippen LogP contribution >= 0.6 is 0 Å². The molecule has 0 spiro atoms. The number of hydrogen-bond acceptors (Lipinski definition) is 2. The van der Waals surface area contributed by atoms with Gasteiger partial charge in [-0.15, -0.1) is 0 Å². The first-order chi connectivity index (χ1) is 9.27. The van der Waals surface area contributed by atoms with Crippen molar-refractivity contribution in [2.75, 3.05) is 13.2 Å². The highest BCUT2D eigenvalue weighted by Crippen LogP contribution is 2.25. The van der Waals surface area contributed by atoms with Gasteiger partial charge in [0.15, 0.2) is 0 Å². The van der Waals surface area contributed by atoms with E-state index in [2.05, 4.69) is 0 Å². The Bertz CT molecular complexity index is 427. The van der Waals surface area contributed by atoms with Crippen LogP contribution in [0.25, 0.3) is 0 Å². The fourth-order valence-corrected chi connectivity index (χ4v) is 2.05. The van der Waals surface area contributed by atoms with E-state index in [4.69, 9.17) is 4.74 Å². The number of aliphatic hydroxyl groups is 1. The molecule has 1 aliphatic heterocycles. The first-order valence-electron chi connectivity index (χ1n) is 6.52. The van der Waals surface area contributed by atoms with Gasteiger partial charge in [0.1, 0.15) is 6.54 Å². The topological polar surface area (TPSA) is 49.5 Å². The summed E-state index contributed by atoms with van der Waals surface area (Å²) in [6.07, 6.45) is -1.91. The molecule has 1 atom stereocenters. The molecule has 1 saturated heterocycles. The van der Waals surface area contributed by atoms with Gasteiger partial charge in [-0.05, 0) is 20.3 Å².